The summed E-state index contributed by atoms with van der Waals surface area (Å²) in [5, 5.41) is 2.92. The zero-order chi connectivity index (χ0) is 13.8. The van der Waals surface area contributed by atoms with E-state index in [1.165, 1.54) is 30.3 Å². The molecule has 0 heterocycles. The van der Waals surface area contributed by atoms with E-state index in [1.807, 2.05) is 0 Å². The molecule has 1 atom stereocenters. The molecule has 0 aliphatic carbocycles. The lowest BCUT2D eigenvalue weighted by molar-refractivity contribution is 0.495. The Hall–Kier alpha value is -1.81. The third kappa shape index (κ3) is 2.79. The Morgan fingerprint density at radius 2 is 1.47 bits per heavy atom. The van der Waals surface area contributed by atoms with Crippen LogP contribution in [-0.4, -0.2) is 6.54 Å². The third-order valence-electron chi connectivity index (χ3n) is 2.91. The van der Waals surface area contributed by atoms with Crippen LogP contribution in [0.4, 0.5) is 13.2 Å². The molecule has 0 amide bonds. The van der Waals surface area contributed by atoms with Gasteiger partial charge in [-0.1, -0.05) is 31.2 Å². The van der Waals surface area contributed by atoms with E-state index in [0.29, 0.717) is 6.54 Å². The van der Waals surface area contributed by atoms with Crippen LogP contribution >= 0.6 is 0 Å². The van der Waals surface area contributed by atoms with Crippen molar-refractivity contribution in [2.24, 2.45) is 0 Å². The van der Waals surface area contributed by atoms with Gasteiger partial charge in [-0.25, -0.2) is 13.2 Å². The van der Waals surface area contributed by atoms with Crippen molar-refractivity contribution < 1.29 is 13.2 Å². The van der Waals surface area contributed by atoms with E-state index >= 15 is 0 Å². The first kappa shape index (κ1) is 13.6. The summed E-state index contributed by atoms with van der Waals surface area (Å²) in [4.78, 5) is 0. The molecule has 2 aromatic carbocycles. The maximum absolute atomic E-state index is 13.8. The molecule has 0 aliphatic rings. The smallest absolute Gasteiger partial charge is 0.131 e. The van der Waals surface area contributed by atoms with Gasteiger partial charge in [0.1, 0.15) is 17.5 Å². The van der Waals surface area contributed by atoms with Gasteiger partial charge in [-0.2, -0.15) is 0 Å². The fourth-order valence-electron chi connectivity index (χ4n) is 2.07. The van der Waals surface area contributed by atoms with Gasteiger partial charge >= 0.3 is 0 Å². The lowest BCUT2D eigenvalue weighted by Gasteiger charge is -2.20. The summed E-state index contributed by atoms with van der Waals surface area (Å²) in [7, 11) is 0. The summed E-state index contributed by atoms with van der Waals surface area (Å²) in [6, 6.07) is 8.77. The van der Waals surface area contributed by atoms with Crippen LogP contribution in [0, 0.1) is 17.5 Å². The van der Waals surface area contributed by atoms with Crippen LogP contribution in [0.3, 0.4) is 0 Å². The van der Waals surface area contributed by atoms with Crippen LogP contribution in [0.15, 0.2) is 42.5 Å². The highest BCUT2D eigenvalue weighted by atomic mass is 19.1. The summed E-state index contributed by atoms with van der Waals surface area (Å²) in [6.07, 6.45) is 0. The van der Waals surface area contributed by atoms with Gasteiger partial charge in [0, 0.05) is 11.1 Å². The second-order valence-corrected chi connectivity index (χ2v) is 4.15. The van der Waals surface area contributed by atoms with E-state index in [4.69, 9.17) is 0 Å². The van der Waals surface area contributed by atoms with Gasteiger partial charge in [0.05, 0.1) is 6.04 Å². The second-order valence-electron chi connectivity index (χ2n) is 4.15. The monoisotopic (exact) mass is 265 g/mol. The SMILES string of the molecule is CCNC(c1ccccc1F)c1c(F)cccc1F. The van der Waals surface area contributed by atoms with Gasteiger partial charge in [0.15, 0.2) is 0 Å². The maximum atomic E-state index is 13.8. The summed E-state index contributed by atoms with van der Waals surface area (Å²) >= 11 is 0. The van der Waals surface area contributed by atoms with E-state index in [9.17, 15) is 13.2 Å². The van der Waals surface area contributed by atoms with Crippen molar-refractivity contribution >= 4 is 0 Å². The molecule has 1 N–H and O–H groups in total. The molecule has 0 saturated heterocycles. The fourth-order valence-corrected chi connectivity index (χ4v) is 2.07. The highest BCUT2D eigenvalue weighted by molar-refractivity contribution is 5.34. The predicted octanol–water partition coefficient (Wildman–Crippen LogP) is 3.80. The van der Waals surface area contributed by atoms with Gasteiger partial charge in [-0.3, -0.25) is 0 Å². The Balaban J connectivity index is 2.55. The molecule has 0 saturated carbocycles. The van der Waals surface area contributed by atoms with E-state index < -0.39 is 23.5 Å². The van der Waals surface area contributed by atoms with Gasteiger partial charge in [-0.15, -0.1) is 0 Å². The van der Waals surface area contributed by atoms with Crippen LogP contribution in [0.1, 0.15) is 24.1 Å². The lowest BCUT2D eigenvalue weighted by Crippen LogP contribution is -2.25. The minimum Gasteiger partial charge on any atom is -0.306 e. The average molecular weight is 265 g/mol. The van der Waals surface area contributed by atoms with Gasteiger partial charge in [0.25, 0.3) is 0 Å². The fraction of sp³-hybridized carbons (Fsp3) is 0.200. The topological polar surface area (TPSA) is 12.0 Å². The van der Waals surface area contributed by atoms with E-state index in [-0.39, 0.29) is 11.1 Å². The minimum absolute atomic E-state index is 0.158. The Bertz CT molecular complexity index is 549. The molecule has 0 radical (unpaired) electrons. The van der Waals surface area contributed by atoms with Crippen molar-refractivity contribution in [1.82, 2.24) is 5.32 Å². The number of hydrogen-bond donors (Lipinski definition) is 1. The number of rotatable bonds is 4. The molecule has 1 unspecified atom stereocenters. The molecule has 2 aromatic rings. The molecule has 2 rings (SSSR count). The van der Waals surface area contributed by atoms with Gasteiger partial charge in [0.2, 0.25) is 0 Å². The maximum Gasteiger partial charge on any atom is 0.131 e. The molecule has 0 fully saturated rings. The molecule has 0 aromatic heterocycles. The quantitative estimate of drug-likeness (QED) is 0.886. The summed E-state index contributed by atoms with van der Waals surface area (Å²) < 4.78 is 41.5. The Morgan fingerprint density at radius 3 is 2.05 bits per heavy atom. The number of halogens is 3. The first-order valence-corrected chi connectivity index (χ1v) is 6.06. The van der Waals surface area contributed by atoms with Crippen LogP contribution < -0.4 is 5.32 Å². The molecule has 19 heavy (non-hydrogen) atoms. The minimum atomic E-state index is -0.840. The molecule has 1 nitrogen and oxygen atoms in total. The average Bonchev–Trinajstić information content (AvgIpc) is 2.38. The van der Waals surface area contributed by atoms with Crippen molar-refractivity contribution in [3.8, 4) is 0 Å². The van der Waals surface area contributed by atoms with E-state index in [2.05, 4.69) is 5.32 Å². The first-order valence-electron chi connectivity index (χ1n) is 6.06. The highest BCUT2D eigenvalue weighted by Crippen LogP contribution is 2.28. The summed E-state index contributed by atoms with van der Waals surface area (Å²) in [6.45, 7) is 2.26. The molecule has 0 aliphatic heterocycles. The van der Waals surface area contributed by atoms with Crippen molar-refractivity contribution in [3.05, 3.63) is 71.0 Å². The van der Waals surface area contributed by atoms with Crippen molar-refractivity contribution in [1.29, 1.82) is 0 Å². The van der Waals surface area contributed by atoms with Gasteiger partial charge in [-0.05, 0) is 24.7 Å². The first-order chi connectivity index (χ1) is 9.15. The summed E-state index contributed by atoms with van der Waals surface area (Å²) in [5.74, 6) is -1.86. The number of hydrogen-bond acceptors (Lipinski definition) is 1. The zero-order valence-electron chi connectivity index (χ0n) is 10.5. The molecule has 0 spiro atoms. The molecule has 4 heteroatoms. The largest absolute Gasteiger partial charge is 0.306 e. The normalized spacial score (nSPS) is 12.4. The lowest BCUT2D eigenvalue weighted by atomic mass is 9.97. The number of benzene rings is 2. The predicted molar refractivity (Wildman–Crippen MR) is 68.3 cm³/mol. The zero-order valence-corrected chi connectivity index (χ0v) is 10.5. The van der Waals surface area contributed by atoms with E-state index in [0.717, 1.165) is 0 Å². The van der Waals surface area contributed by atoms with Crippen LogP contribution in [0.25, 0.3) is 0 Å². The van der Waals surface area contributed by atoms with Gasteiger partial charge < -0.3 is 5.32 Å². The number of nitrogens with one attached hydrogen (secondary N) is 1. The Labute approximate surface area is 110 Å². The molecular weight excluding hydrogens is 251 g/mol. The van der Waals surface area contributed by atoms with Crippen LogP contribution in [0.2, 0.25) is 0 Å². The van der Waals surface area contributed by atoms with Crippen molar-refractivity contribution in [2.45, 2.75) is 13.0 Å². The van der Waals surface area contributed by atoms with Crippen molar-refractivity contribution in [3.63, 3.8) is 0 Å². The Morgan fingerprint density at radius 1 is 0.895 bits per heavy atom. The Kier molecular flexibility index (Phi) is 4.22. The summed E-state index contributed by atoms with van der Waals surface area (Å²) in [5.41, 5.74) is 0.0720. The second kappa shape index (κ2) is 5.89. The van der Waals surface area contributed by atoms with E-state index in [1.54, 1.807) is 19.1 Å². The highest BCUT2D eigenvalue weighted by Gasteiger charge is 2.23. The standard InChI is InChI=1S/C15H14F3N/c1-2-19-15(10-6-3-4-7-11(10)16)14-12(17)8-5-9-13(14)18/h3-9,15,19H,2H2,1H3. The molecule has 100 valence electrons. The third-order valence-corrected chi connectivity index (χ3v) is 2.91. The van der Waals surface area contributed by atoms with Crippen molar-refractivity contribution in [2.75, 3.05) is 6.54 Å². The molecule has 0 bridgehead atoms. The van der Waals surface area contributed by atoms with Crippen LogP contribution in [-0.2, 0) is 0 Å². The molecular formula is C15H14F3N. The van der Waals surface area contributed by atoms with Crippen LogP contribution in [0.5, 0.6) is 0 Å².